The van der Waals surface area contributed by atoms with Gasteiger partial charge in [0.05, 0.1) is 23.3 Å². The van der Waals surface area contributed by atoms with E-state index in [0.29, 0.717) is 24.4 Å². The number of ether oxygens (including phenoxy) is 1. The SMILES string of the molecule is CCNCCNC(=O)c1cc(C#N)c(Cl)cc1OC.Cl. The van der Waals surface area contributed by atoms with Crippen molar-refractivity contribution in [3.05, 3.63) is 28.3 Å². The largest absolute Gasteiger partial charge is 0.496 e. The summed E-state index contributed by atoms with van der Waals surface area (Å²) >= 11 is 5.89. The number of hydrogen-bond acceptors (Lipinski definition) is 4. The number of benzene rings is 1. The molecule has 1 aromatic carbocycles. The second-order valence-electron chi connectivity index (χ2n) is 3.75. The third-order valence-electron chi connectivity index (χ3n) is 2.49. The van der Waals surface area contributed by atoms with Gasteiger partial charge in [-0.25, -0.2) is 0 Å². The highest BCUT2D eigenvalue weighted by Crippen LogP contribution is 2.26. The molecule has 110 valence electrons. The standard InChI is InChI=1S/C13H16ClN3O2.ClH/c1-3-16-4-5-17-13(18)10-6-9(8-15)11(14)7-12(10)19-2;/h6-7,16H,3-5H2,1-2H3,(H,17,18);1H. The van der Waals surface area contributed by atoms with E-state index in [0.717, 1.165) is 6.54 Å². The molecule has 0 aliphatic carbocycles. The Kier molecular flexibility index (Phi) is 8.73. The Balaban J connectivity index is 0.00000361. The lowest BCUT2D eigenvalue weighted by molar-refractivity contribution is 0.0951. The molecule has 0 unspecified atom stereocenters. The lowest BCUT2D eigenvalue weighted by Gasteiger charge is -2.10. The summed E-state index contributed by atoms with van der Waals surface area (Å²) in [6.45, 7) is 4.02. The molecule has 7 heteroatoms. The van der Waals surface area contributed by atoms with E-state index >= 15 is 0 Å². The Bertz CT molecular complexity index is 501. The van der Waals surface area contributed by atoms with E-state index in [9.17, 15) is 4.79 Å². The molecule has 0 heterocycles. The lowest BCUT2D eigenvalue weighted by atomic mass is 10.1. The van der Waals surface area contributed by atoms with Crippen LogP contribution < -0.4 is 15.4 Å². The maximum Gasteiger partial charge on any atom is 0.255 e. The Morgan fingerprint density at radius 2 is 2.15 bits per heavy atom. The second-order valence-corrected chi connectivity index (χ2v) is 4.16. The Morgan fingerprint density at radius 1 is 1.45 bits per heavy atom. The van der Waals surface area contributed by atoms with Crippen LogP contribution in [0.4, 0.5) is 0 Å². The van der Waals surface area contributed by atoms with Crippen LogP contribution in [0.3, 0.4) is 0 Å². The molecule has 0 bridgehead atoms. The highest BCUT2D eigenvalue weighted by atomic mass is 35.5. The maximum atomic E-state index is 12.0. The van der Waals surface area contributed by atoms with Crippen LogP contribution in [-0.4, -0.2) is 32.7 Å². The summed E-state index contributed by atoms with van der Waals surface area (Å²) in [7, 11) is 1.45. The van der Waals surface area contributed by atoms with Crippen molar-refractivity contribution in [2.24, 2.45) is 0 Å². The Morgan fingerprint density at radius 3 is 2.70 bits per heavy atom. The van der Waals surface area contributed by atoms with Crippen molar-refractivity contribution in [3.63, 3.8) is 0 Å². The van der Waals surface area contributed by atoms with Crippen LogP contribution in [0.15, 0.2) is 12.1 Å². The zero-order valence-electron chi connectivity index (χ0n) is 11.3. The number of nitrogens with zero attached hydrogens (tertiary/aromatic N) is 1. The minimum absolute atomic E-state index is 0. The summed E-state index contributed by atoms with van der Waals surface area (Å²) < 4.78 is 5.10. The third kappa shape index (κ3) is 4.89. The Labute approximate surface area is 129 Å². The molecule has 5 nitrogen and oxygen atoms in total. The zero-order valence-corrected chi connectivity index (χ0v) is 12.9. The molecule has 1 amide bonds. The van der Waals surface area contributed by atoms with E-state index in [2.05, 4.69) is 10.6 Å². The smallest absolute Gasteiger partial charge is 0.255 e. The summed E-state index contributed by atoms with van der Waals surface area (Å²) in [5.41, 5.74) is 0.555. The fraction of sp³-hybridized carbons (Fsp3) is 0.385. The first-order chi connectivity index (χ1) is 9.13. The molecule has 0 atom stereocenters. The van der Waals surface area contributed by atoms with Crippen molar-refractivity contribution in [2.45, 2.75) is 6.92 Å². The van der Waals surface area contributed by atoms with Gasteiger partial charge in [0.15, 0.2) is 0 Å². The first kappa shape index (κ1) is 18.5. The van der Waals surface area contributed by atoms with E-state index in [1.165, 1.54) is 19.2 Å². The molecule has 0 saturated carbocycles. The van der Waals surface area contributed by atoms with Crippen LogP contribution in [0, 0.1) is 11.3 Å². The molecular formula is C13H17Cl2N3O2. The molecule has 0 fully saturated rings. The lowest BCUT2D eigenvalue weighted by Crippen LogP contribution is -2.32. The number of carbonyl (C=O) groups is 1. The predicted molar refractivity (Wildman–Crippen MR) is 80.8 cm³/mol. The summed E-state index contributed by atoms with van der Waals surface area (Å²) in [6.07, 6.45) is 0. The number of methoxy groups -OCH3 is 1. The topological polar surface area (TPSA) is 74.1 Å². The first-order valence-electron chi connectivity index (χ1n) is 5.90. The van der Waals surface area contributed by atoms with Crippen LogP contribution in [0.1, 0.15) is 22.8 Å². The number of rotatable bonds is 6. The van der Waals surface area contributed by atoms with Gasteiger partial charge in [-0.3, -0.25) is 4.79 Å². The predicted octanol–water partition coefficient (Wildman–Crippen LogP) is 1.98. The van der Waals surface area contributed by atoms with Gasteiger partial charge >= 0.3 is 0 Å². The molecule has 0 radical (unpaired) electrons. The molecule has 0 saturated heterocycles. The van der Waals surface area contributed by atoms with Crippen molar-refractivity contribution < 1.29 is 9.53 Å². The van der Waals surface area contributed by atoms with Crippen molar-refractivity contribution in [2.75, 3.05) is 26.7 Å². The van der Waals surface area contributed by atoms with Gasteiger partial charge in [-0.2, -0.15) is 5.26 Å². The average Bonchev–Trinajstić information content (AvgIpc) is 2.42. The normalized spacial score (nSPS) is 9.30. The number of hydrogen-bond donors (Lipinski definition) is 2. The molecule has 1 aromatic rings. The third-order valence-corrected chi connectivity index (χ3v) is 2.80. The van der Waals surface area contributed by atoms with E-state index < -0.39 is 0 Å². The fourth-order valence-electron chi connectivity index (χ4n) is 1.52. The molecular weight excluding hydrogens is 301 g/mol. The van der Waals surface area contributed by atoms with Gasteiger partial charge in [-0.05, 0) is 12.6 Å². The van der Waals surface area contributed by atoms with Crippen molar-refractivity contribution >= 4 is 29.9 Å². The molecule has 0 aromatic heterocycles. The quantitative estimate of drug-likeness (QED) is 0.787. The number of carbonyl (C=O) groups excluding carboxylic acids is 1. The molecule has 1 rings (SSSR count). The van der Waals surface area contributed by atoms with Gasteiger partial charge < -0.3 is 15.4 Å². The van der Waals surface area contributed by atoms with Crippen LogP contribution in [-0.2, 0) is 0 Å². The van der Waals surface area contributed by atoms with Crippen LogP contribution in [0.2, 0.25) is 5.02 Å². The minimum atomic E-state index is -0.289. The van der Waals surface area contributed by atoms with Gasteiger partial charge in [0, 0.05) is 19.2 Å². The minimum Gasteiger partial charge on any atom is -0.496 e. The van der Waals surface area contributed by atoms with Crippen molar-refractivity contribution in [1.29, 1.82) is 5.26 Å². The van der Waals surface area contributed by atoms with Crippen molar-refractivity contribution in [1.82, 2.24) is 10.6 Å². The molecule has 0 aliphatic heterocycles. The number of amides is 1. The van der Waals surface area contributed by atoms with E-state index in [-0.39, 0.29) is 28.9 Å². The van der Waals surface area contributed by atoms with E-state index in [1.54, 1.807) is 0 Å². The summed E-state index contributed by atoms with van der Waals surface area (Å²) in [5, 5.41) is 15.0. The van der Waals surface area contributed by atoms with Crippen molar-refractivity contribution in [3.8, 4) is 11.8 Å². The van der Waals surface area contributed by atoms with E-state index in [4.69, 9.17) is 21.6 Å². The number of halogens is 2. The number of nitriles is 1. The summed E-state index contributed by atoms with van der Waals surface area (Å²) in [5.74, 6) is 0.0628. The van der Waals surface area contributed by atoms with Crippen LogP contribution >= 0.6 is 24.0 Å². The Hall–Kier alpha value is -1.48. The zero-order chi connectivity index (χ0) is 14.3. The monoisotopic (exact) mass is 317 g/mol. The van der Waals surface area contributed by atoms with Gasteiger partial charge in [0.25, 0.3) is 5.91 Å². The fourth-order valence-corrected chi connectivity index (χ4v) is 1.72. The number of likely N-dealkylation sites (N-methyl/N-ethyl adjacent to an activating group) is 1. The van der Waals surface area contributed by atoms with Gasteiger partial charge in [-0.15, -0.1) is 12.4 Å². The molecule has 0 aliphatic rings. The maximum absolute atomic E-state index is 12.0. The summed E-state index contributed by atoms with van der Waals surface area (Å²) in [4.78, 5) is 12.0. The molecule has 0 spiro atoms. The second kappa shape index (κ2) is 9.43. The molecule has 2 N–H and O–H groups in total. The van der Waals surface area contributed by atoms with Gasteiger partial charge in [-0.1, -0.05) is 18.5 Å². The van der Waals surface area contributed by atoms with Gasteiger partial charge in [0.1, 0.15) is 11.8 Å². The highest BCUT2D eigenvalue weighted by molar-refractivity contribution is 6.32. The average molecular weight is 318 g/mol. The first-order valence-corrected chi connectivity index (χ1v) is 6.28. The highest BCUT2D eigenvalue weighted by Gasteiger charge is 2.15. The van der Waals surface area contributed by atoms with Crippen LogP contribution in [0.25, 0.3) is 0 Å². The van der Waals surface area contributed by atoms with Gasteiger partial charge in [0.2, 0.25) is 0 Å². The molecule has 20 heavy (non-hydrogen) atoms. The van der Waals surface area contributed by atoms with E-state index in [1.807, 2.05) is 13.0 Å². The number of nitrogens with one attached hydrogen (secondary N) is 2. The summed E-state index contributed by atoms with van der Waals surface area (Å²) in [6, 6.07) is 4.84. The van der Waals surface area contributed by atoms with Crippen LogP contribution in [0.5, 0.6) is 5.75 Å².